The lowest BCUT2D eigenvalue weighted by Gasteiger charge is -2.15. The molecule has 7 aromatic rings. The van der Waals surface area contributed by atoms with Crippen molar-refractivity contribution in [1.29, 1.82) is 5.26 Å². The zero-order chi connectivity index (χ0) is 53.3. The number of carbonyl (C=O) groups excluding carboxylic acids is 4. The Bertz CT molecular complexity index is 3240. The van der Waals surface area contributed by atoms with Crippen LogP contribution in [0.2, 0.25) is 0 Å². The molecule has 0 saturated heterocycles. The van der Waals surface area contributed by atoms with E-state index < -0.39 is 40.7 Å². The molecule has 2 aromatic carbocycles. The van der Waals surface area contributed by atoms with Crippen molar-refractivity contribution >= 4 is 64.2 Å². The number of hydrogen-bond donors (Lipinski definition) is 3. The largest absolute Gasteiger partial charge is 0.479 e. The van der Waals surface area contributed by atoms with Gasteiger partial charge in [0, 0.05) is 10.8 Å². The number of aromatic hydroxyl groups is 1. The average molecular weight is 994 g/mol. The highest BCUT2D eigenvalue weighted by atomic mass is 16.5. The first-order valence-corrected chi connectivity index (χ1v) is 21.2. The number of hydrogen-bond acceptors (Lipinski definition) is 23. The van der Waals surface area contributed by atoms with Crippen LogP contribution in [0.5, 0.6) is 6.01 Å². The highest BCUT2D eigenvalue weighted by molar-refractivity contribution is 5.97. The third kappa shape index (κ3) is 9.83. The van der Waals surface area contributed by atoms with Crippen LogP contribution >= 0.6 is 0 Å². The SMILES string of the molecule is [C-]#[N+]c1cnn(-c2cc(C(=O)OC)cc(C(=O)OC)c2)c1N=Nc1c(C(C)(C)C)nn(-c2nc(O)nc(-n3nc(C(C)(C)C)c(N=Nc4c(C#N)cnn4-c4cc(C(=O)OC)cc(C(=O)OC)c4)c3N)n2)c1N. The highest BCUT2D eigenvalue weighted by Crippen LogP contribution is 2.41. The van der Waals surface area contributed by atoms with Gasteiger partial charge in [-0.3, -0.25) is 0 Å². The number of methoxy groups -OCH3 is 4. The fourth-order valence-corrected chi connectivity index (χ4v) is 6.90. The van der Waals surface area contributed by atoms with Crippen molar-refractivity contribution in [2.24, 2.45) is 20.5 Å². The van der Waals surface area contributed by atoms with Crippen molar-refractivity contribution in [3.05, 3.63) is 99.4 Å². The summed E-state index contributed by atoms with van der Waals surface area (Å²) in [5, 5.41) is 56.6. The molecule has 7 rings (SSSR count). The molecule has 0 amide bonds. The maximum absolute atomic E-state index is 12.6. The predicted molar refractivity (Wildman–Crippen MR) is 254 cm³/mol. The number of nitriles is 1. The second-order valence-electron chi connectivity index (χ2n) is 17.4. The minimum atomic E-state index is -0.806. The molecule has 28 nitrogen and oxygen atoms in total. The van der Waals surface area contributed by atoms with E-state index in [9.17, 15) is 29.5 Å². The van der Waals surface area contributed by atoms with Crippen molar-refractivity contribution in [2.45, 2.75) is 52.4 Å². The van der Waals surface area contributed by atoms with Gasteiger partial charge in [-0.05, 0) is 36.4 Å². The molecule has 0 aliphatic carbocycles. The third-order valence-corrected chi connectivity index (χ3v) is 10.4. The van der Waals surface area contributed by atoms with E-state index in [4.69, 9.17) is 37.0 Å². The van der Waals surface area contributed by atoms with Gasteiger partial charge in [0.1, 0.15) is 11.6 Å². The fourth-order valence-electron chi connectivity index (χ4n) is 6.90. The number of benzene rings is 2. The van der Waals surface area contributed by atoms with E-state index in [1.54, 1.807) is 0 Å². The number of esters is 4. The Labute approximate surface area is 413 Å². The molecule has 0 unspecified atom stereocenters. The number of azo groups is 2. The maximum Gasteiger partial charge on any atom is 0.337 e. The second kappa shape index (κ2) is 19.6. The second-order valence-corrected chi connectivity index (χ2v) is 17.4. The number of nitrogen functional groups attached to an aromatic ring is 2. The molecule has 0 aliphatic heterocycles. The normalized spacial score (nSPS) is 11.7. The van der Waals surface area contributed by atoms with Crippen molar-refractivity contribution in [3.63, 3.8) is 0 Å². The Balaban J connectivity index is 1.32. The van der Waals surface area contributed by atoms with Gasteiger partial charge in [0.2, 0.25) is 0 Å². The standard InChI is InChI=1S/C45H43N19O9/c1-44(2,3)31-29(55-57-35-25(18-46)19-50-61(35)26-14-21(37(65)70-8)12-22(15-26)38(66)71-9)33(47)63(59-31)41-52-42(54-43(69)53-41)64-34(48)30(32(60-64)45(4,5)6)56-58-36-28(49-7)20-51-62(36)27-16-23(39(67)72-10)13-24(17-27)40(68)73-11/h12-17,19-20H,47-48H2,1-6,8-11H3,(H,52,53,54,69). The van der Waals surface area contributed by atoms with Gasteiger partial charge in [-0.2, -0.15) is 50.0 Å². The molecule has 0 saturated carbocycles. The van der Waals surface area contributed by atoms with Crippen molar-refractivity contribution in [1.82, 2.24) is 54.1 Å². The molecule has 0 spiro atoms. The van der Waals surface area contributed by atoms with Crippen LogP contribution in [0.1, 0.15) is 99.9 Å². The summed E-state index contributed by atoms with van der Waals surface area (Å²) in [7, 11) is 4.68. The van der Waals surface area contributed by atoms with E-state index in [1.165, 1.54) is 86.6 Å². The van der Waals surface area contributed by atoms with Gasteiger partial charge in [-0.1, -0.05) is 41.5 Å². The van der Waals surface area contributed by atoms with Crippen molar-refractivity contribution in [2.75, 3.05) is 39.9 Å². The van der Waals surface area contributed by atoms with Crippen LogP contribution in [-0.4, -0.2) is 111 Å². The maximum atomic E-state index is 12.6. The van der Waals surface area contributed by atoms with Crippen LogP contribution in [0, 0.1) is 17.9 Å². The van der Waals surface area contributed by atoms with Crippen LogP contribution in [-0.2, 0) is 29.8 Å². The quantitative estimate of drug-likeness (QED) is 0.0510. The summed E-state index contributed by atoms with van der Waals surface area (Å²) in [5.74, 6) is -4.32. The summed E-state index contributed by atoms with van der Waals surface area (Å²) >= 11 is 0. The first-order chi connectivity index (χ1) is 34.6. The first kappa shape index (κ1) is 50.6. The molecule has 0 aliphatic rings. The molecule has 0 atom stereocenters. The number of carbonyl (C=O) groups is 4. The number of aromatic nitrogens is 11. The molecule has 0 fully saturated rings. The Kier molecular flexibility index (Phi) is 13.6. The number of ether oxygens (including phenoxy) is 4. The summed E-state index contributed by atoms with van der Waals surface area (Å²) in [5.41, 5.74) is 12.5. The monoisotopic (exact) mass is 993 g/mol. The van der Waals surface area contributed by atoms with E-state index >= 15 is 0 Å². The van der Waals surface area contributed by atoms with Crippen molar-refractivity contribution < 1.29 is 43.2 Å². The summed E-state index contributed by atoms with van der Waals surface area (Å²) < 4.78 is 24.0. The molecule has 372 valence electrons. The lowest BCUT2D eigenvalue weighted by atomic mass is 9.91. The Morgan fingerprint density at radius 3 is 1.37 bits per heavy atom. The van der Waals surface area contributed by atoms with E-state index in [0.29, 0.717) is 0 Å². The molecule has 28 heteroatoms. The van der Waals surface area contributed by atoms with Crippen molar-refractivity contribution in [3.8, 4) is 35.4 Å². The lowest BCUT2D eigenvalue weighted by Crippen LogP contribution is -2.16. The topological polar surface area (TPSA) is 365 Å². The van der Waals surface area contributed by atoms with E-state index in [-0.39, 0.29) is 103 Å². The highest BCUT2D eigenvalue weighted by Gasteiger charge is 2.31. The van der Waals surface area contributed by atoms with Gasteiger partial charge < -0.3 is 35.5 Å². The average Bonchev–Trinajstić information content (AvgIpc) is 4.15. The van der Waals surface area contributed by atoms with Gasteiger partial charge in [0.25, 0.3) is 17.6 Å². The Hall–Kier alpha value is -10.2. The van der Waals surface area contributed by atoms with E-state index in [2.05, 4.69) is 60.6 Å². The van der Waals surface area contributed by atoms with Crippen LogP contribution in [0.4, 0.5) is 40.3 Å². The van der Waals surface area contributed by atoms with Gasteiger partial charge in [0.05, 0.1) is 92.4 Å². The minimum Gasteiger partial charge on any atom is -0.479 e. The fraction of sp³-hybridized carbons (Fsp3) is 0.267. The number of anilines is 2. The lowest BCUT2D eigenvalue weighted by molar-refractivity contribution is 0.0581. The summed E-state index contributed by atoms with van der Waals surface area (Å²) in [6.45, 7) is 18.7. The van der Waals surface area contributed by atoms with Crippen LogP contribution in [0.25, 0.3) is 28.1 Å². The van der Waals surface area contributed by atoms with E-state index in [0.717, 1.165) is 9.36 Å². The van der Waals surface area contributed by atoms with Crippen LogP contribution < -0.4 is 11.5 Å². The molecule has 5 heterocycles. The van der Waals surface area contributed by atoms with Crippen LogP contribution in [0.3, 0.4) is 0 Å². The van der Waals surface area contributed by atoms with Crippen LogP contribution in [0.15, 0.2) is 69.2 Å². The first-order valence-electron chi connectivity index (χ1n) is 21.2. The van der Waals surface area contributed by atoms with Gasteiger partial charge in [-0.25, -0.2) is 33.4 Å². The minimum absolute atomic E-state index is 0.00189. The number of nitrogens with zero attached hydrogens (tertiary/aromatic N) is 17. The molecular formula is C45H43N19O9. The van der Waals surface area contributed by atoms with Gasteiger partial charge in [-0.15, -0.1) is 20.5 Å². The molecular weight excluding hydrogens is 951 g/mol. The number of rotatable bonds is 12. The van der Waals surface area contributed by atoms with Gasteiger partial charge >= 0.3 is 29.9 Å². The summed E-state index contributed by atoms with van der Waals surface area (Å²) in [6, 6.07) is 9.22. The smallest absolute Gasteiger partial charge is 0.337 e. The Morgan fingerprint density at radius 2 is 1.00 bits per heavy atom. The molecule has 5 aromatic heterocycles. The molecule has 0 radical (unpaired) electrons. The number of nitrogens with two attached hydrogens (primary N) is 2. The zero-order valence-corrected chi connectivity index (χ0v) is 40.6. The zero-order valence-electron chi connectivity index (χ0n) is 40.6. The molecule has 0 bridgehead atoms. The van der Waals surface area contributed by atoms with E-state index in [1.807, 2.05) is 47.6 Å². The Morgan fingerprint density at radius 1 is 0.616 bits per heavy atom. The summed E-state index contributed by atoms with van der Waals surface area (Å²) in [6.07, 6.45) is 2.42. The molecule has 73 heavy (non-hydrogen) atoms. The predicted octanol–water partition coefficient (Wildman–Crippen LogP) is 6.48. The third-order valence-electron chi connectivity index (χ3n) is 10.4. The van der Waals surface area contributed by atoms with Gasteiger partial charge in [0.15, 0.2) is 34.6 Å². The summed E-state index contributed by atoms with van der Waals surface area (Å²) in [4.78, 5) is 66.6. The molecule has 5 N–H and O–H groups in total.